The summed E-state index contributed by atoms with van der Waals surface area (Å²) < 4.78 is 7.45. The maximum atomic E-state index is 13.3. The average Bonchev–Trinajstić information content (AvgIpc) is 2.61. The highest BCUT2D eigenvalue weighted by Gasteiger charge is 2.18. The van der Waals surface area contributed by atoms with Crippen molar-refractivity contribution in [1.82, 2.24) is 14.5 Å². The number of nitrogens with two attached hydrogens (primary N) is 1. The first-order chi connectivity index (χ1) is 12.5. The molecule has 1 aromatic heterocycles. The number of likely N-dealkylation sites (N-methyl/N-ethyl adjacent to an activating group) is 1. The standard InChI is InChI=1S/C20H24N4O2/c1-14(21)19-22-16-10-7-11-17(26-13-12-23(2)3)18(16)20(25)24(19)15-8-5-4-6-9-15/h4-11,14H,12-13,21H2,1-3H3/t14-/m0/s1. The maximum absolute atomic E-state index is 13.3. The van der Waals surface area contributed by atoms with Crippen molar-refractivity contribution in [3.05, 3.63) is 64.7 Å². The average molecular weight is 352 g/mol. The molecule has 6 heteroatoms. The van der Waals surface area contributed by atoms with E-state index in [9.17, 15) is 4.79 Å². The van der Waals surface area contributed by atoms with E-state index >= 15 is 0 Å². The molecule has 0 fully saturated rings. The Bertz CT molecular complexity index is 949. The van der Waals surface area contributed by atoms with E-state index in [-0.39, 0.29) is 11.6 Å². The Hall–Kier alpha value is -2.70. The summed E-state index contributed by atoms with van der Waals surface area (Å²) in [7, 11) is 3.95. The van der Waals surface area contributed by atoms with Gasteiger partial charge in [-0.05, 0) is 45.3 Å². The Morgan fingerprint density at radius 2 is 1.88 bits per heavy atom. The van der Waals surface area contributed by atoms with Gasteiger partial charge in [0.25, 0.3) is 5.56 Å². The number of para-hydroxylation sites is 1. The third-order valence-corrected chi connectivity index (χ3v) is 4.10. The molecule has 0 saturated heterocycles. The summed E-state index contributed by atoms with van der Waals surface area (Å²) in [6.07, 6.45) is 0. The number of fused-ring (bicyclic) bond motifs is 1. The van der Waals surface area contributed by atoms with Crippen LogP contribution in [0.3, 0.4) is 0 Å². The summed E-state index contributed by atoms with van der Waals surface area (Å²) in [5.41, 5.74) is 7.26. The summed E-state index contributed by atoms with van der Waals surface area (Å²) in [5, 5.41) is 0.472. The lowest BCUT2D eigenvalue weighted by molar-refractivity contribution is 0.263. The Balaban J connectivity index is 2.21. The van der Waals surface area contributed by atoms with Crippen LogP contribution in [0, 0.1) is 0 Å². The number of rotatable bonds is 6. The highest BCUT2D eigenvalue weighted by atomic mass is 16.5. The van der Waals surface area contributed by atoms with Crippen molar-refractivity contribution in [3.8, 4) is 11.4 Å². The Kier molecular flexibility index (Phi) is 5.35. The Labute approximate surface area is 152 Å². The van der Waals surface area contributed by atoms with Crippen LogP contribution in [0.1, 0.15) is 18.8 Å². The normalized spacial score (nSPS) is 12.5. The van der Waals surface area contributed by atoms with Gasteiger partial charge in [0, 0.05) is 6.54 Å². The van der Waals surface area contributed by atoms with Crippen LogP contribution in [-0.2, 0) is 0 Å². The van der Waals surface area contributed by atoms with E-state index in [1.165, 1.54) is 0 Å². The summed E-state index contributed by atoms with van der Waals surface area (Å²) in [4.78, 5) is 20.0. The minimum atomic E-state index is -0.384. The van der Waals surface area contributed by atoms with Crippen molar-refractivity contribution < 1.29 is 4.74 Å². The van der Waals surface area contributed by atoms with E-state index in [4.69, 9.17) is 10.5 Å². The molecule has 0 bridgehead atoms. The molecule has 0 spiro atoms. The van der Waals surface area contributed by atoms with Crippen molar-refractivity contribution in [2.24, 2.45) is 5.73 Å². The first-order valence-corrected chi connectivity index (χ1v) is 8.63. The predicted octanol–water partition coefficient (Wildman–Crippen LogP) is 2.35. The quantitative estimate of drug-likeness (QED) is 0.737. The molecule has 0 aliphatic rings. The van der Waals surface area contributed by atoms with Gasteiger partial charge in [0.2, 0.25) is 0 Å². The van der Waals surface area contributed by atoms with Gasteiger partial charge in [-0.15, -0.1) is 0 Å². The lowest BCUT2D eigenvalue weighted by Gasteiger charge is -2.17. The third-order valence-electron chi connectivity index (χ3n) is 4.10. The fourth-order valence-electron chi connectivity index (χ4n) is 2.81. The number of hydrogen-bond donors (Lipinski definition) is 1. The molecule has 1 heterocycles. The zero-order chi connectivity index (χ0) is 18.7. The highest BCUT2D eigenvalue weighted by molar-refractivity contribution is 5.84. The Morgan fingerprint density at radius 3 is 2.54 bits per heavy atom. The fourth-order valence-corrected chi connectivity index (χ4v) is 2.81. The lowest BCUT2D eigenvalue weighted by atomic mass is 10.2. The molecule has 136 valence electrons. The van der Waals surface area contributed by atoms with Crippen LogP contribution in [0.5, 0.6) is 5.75 Å². The molecule has 0 radical (unpaired) electrons. The second-order valence-electron chi connectivity index (χ2n) is 6.54. The van der Waals surface area contributed by atoms with E-state index in [1.807, 2.05) is 74.4 Å². The monoisotopic (exact) mass is 352 g/mol. The van der Waals surface area contributed by atoms with Crippen molar-refractivity contribution in [3.63, 3.8) is 0 Å². The molecule has 0 unspecified atom stereocenters. The topological polar surface area (TPSA) is 73.4 Å². The fraction of sp³-hybridized carbons (Fsp3) is 0.300. The minimum Gasteiger partial charge on any atom is -0.491 e. The van der Waals surface area contributed by atoms with Gasteiger partial charge in [-0.25, -0.2) is 4.98 Å². The van der Waals surface area contributed by atoms with Gasteiger partial charge in [0.05, 0.1) is 17.2 Å². The van der Waals surface area contributed by atoms with Crippen LogP contribution in [0.25, 0.3) is 16.6 Å². The second kappa shape index (κ2) is 7.68. The van der Waals surface area contributed by atoms with E-state index in [0.717, 1.165) is 12.2 Å². The number of nitrogens with zero attached hydrogens (tertiary/aromatic N) is 3. The molecule has 3 rings (SSSR count). The molecule has 0 aliphatic heterocycles. The molecule has 0 amide bonds. The van der Waals surface area contributed by atoms with Crippen LogP contribution in [-0.4, -0.2) is 41.7 Å². The molecular formula is C20H24N4O2. The van der Waals surface area contributed by atoms with Crippen molar-refractivity contribution in [1.29, 1.82) is 0 Å². The summed E-state index contributed by atoms with van der Waals surface area (Å²) in [5.74, 6) is 1.07. The number of ether oxygens (including phenoxy) is 1. The van der Waals surface area contributed by atoms with Gasteiger partial charge in [-0.2, -0.15) is 0 Å². The van der Waals surface area contributed by atoms with Crippen molar-refractivity contribution in [2.75, 3.05) is 27.2 Å². The lowest BCUT2D eigenvalue weighted by Crippen LogP contribution is -2.28. The number of benzene rings is 2. The molecule has 2 N–H and O–H groups in total. The molecule has 0 aliphatic carbocycles. The van der Waals surface area contributed by atoms with Gasteiger partial charge in [0.15, 0.2) is 0 Å². The third kappa shape index (κ3) is 3.61. The second-order valence-corrected chi connectivity index (χ2v) is 6.54. The summed E-state index contributed by atoms with van der Waals surface area (Å²) in [6, 6.07) is 14.5. The smallest absolute Gasteiger partial charge is 0.269 e. The zero-order valence-electron chi connectivity index (χ0n) is 15.3. The van der Waals surface area contributed by atoms with E-state index in [1.54, 1.807) is 4.57 Å². The molecule has 6 nitrogen and oxygen atoms in total. The van der Waals surface area contributed by atoms with Gasteiger partial charge in [0.1, 0.15) is 23.6 Å². The predicted molar refractivity (Wildman–Crippen MR) is 104 cm³/mol. The van der Waals surface area contributed by atoms with Crippen LogP contribution >= 0.6 is 0 Å². The van der Waals surface area contributed by atoms with Crippen LogP contribution < -0.4 is 16.0 Å². The van der Waals surface area contributed by atoms with E-state index < -0.39 is 0 Å². The van der Waals surface area contributed by atoms with E-state index in [0.29, 0.717) is 29.1 Å². The summed E-state index contributed by atoms with van der Waals surface area (Å²) >= 11 is 0. The first-order valence-electron chi connectivity index (χ1n) is 8.63. The molecule has 0 saturated carbocycles. The van der Waals surface area contributed by atoms with Crippen LogP contribution in [0.4, 0.5) is 0 Å². The van der Waals surface area contributed by atoms with Gasteiger partial charge >= 0.3 is 0 Å². The SMILES string of the molecule is C[C@H](N)c1nc2cccc(OCCN(C)C)c2c(=O)n1-c1ccccc1. The van der Waals surface area contributed by atoms with Crippen LogP contribution in [0.2, 0.25) is 0 Å². The Morgan fingerprint density at radius 1 is 1.15 bits per heavy atom. The molecule has 26 heavy (non-hydrogen) atoms. The molecule has 3 aromatic rings. The first kappa shape index (κ1) is 18.1. The maximum Gasteiger partial charge on any atom is 0.269 e. The molecular weight excluding hydrogens is 328 g/mol. The molecule has 1 atom stereocenters. The molecule has 2 aromatic carbocycles. The van der Waals surface area contributed by atoms with Crippen molar-refractivity contribution in [2.45, 2.75) is 13.0 Å². The minimum absolute atomic E-state index is 0.172. The number of hydrogen-bond acceptors (Lipinski definition) is 5. The number of aromatic nitrogens is 2. The van der Waals surface area contributed by atoms with Gasteiger partial charge in [-0.1, -0.05) is 24.3 Å². The van der Waals surface area contributed by atoms with Gasteiger partial charge < -0.3 is 15.4 Å². The largest absolute Gasteiger partial charge is 0.491 e. The van der Waals surface area contributed by atoms with Crippen molar-refractivity contribution >= 4 is 10.9 Å². The highest BCUT2D eigenvalue weighted by Crippen LogP contribution is 2.24. The summed E-state index contributed by atoms with van der Waals surface area (Å²) in [6.45, 7) is 3.07. The van der Waals surface area contributed by atoms with Gasteiger partial charge in [-0.3, -0.25) is 9.36 Å². The van der Waals surface area contributed by atoms with Crippen LogP contribution in [0.15, 0.2) is 53.3 Å². The zero-order valence-corrected chi connectivity index (χ0v) is 15.3. The van der Waals surface area contributed by atoms with E-state index in [2.05, 4.69) is 4.98 Å².